The Hall–Kier alpha value is -2.57. The van der Waals surface area contributed by atoms with Gasteiger partial charge in [0, 0.05) is 5.56 Å². The summed E-state index contributed by atoms with van der Waals surface area (Å²) in [6, 6.07) is 5.01. The molecule has 0 saturated heterocycles. The lowest BCUT2D eigenvalue weighted by Crippen LogP contribution is -2.43. The molecule has 114 valence electrons. The Labute approximate surface area is 122 Å². The van der Waals surface area contributed by atoms with Gasteiger partial charge in [-0.25, -0.2) is 4.79 Å². The van der Waals surface area contributed by atoms with Gasteiger partial charge >= 0.3 is 5.97 Å². The highest BCUT2D eigenvalue weighted by Crippen LogP contribution is 2.13. The summed E-state index contributed by atoms with van der Waals surface area (Å²) in [5, 5.41) is 11.2. The molecule has 0 fully saturated rings. The van der Waals surface area contributed by atoms with Gasteiger partial charge in [0.25, 0.3) is 5.91 Å². The highest BCUT2D eigenvalue weighted by atomic mass is 16.5. The normalized spacial score (nSPS) is 11.5. The number of carbonyl (C=O) groups excluding carboxylic acids is 2. The zero-order valence-electron chi connectivity index (χ0n) is 11.7. The van der Waals surface area contributed by atoms with Gasteiger partial charge in [0.05, 0.1) is 13.0 Å². The Bertz CT molecular complexity index is 530. The zero-order valence-corrected chi connectivity index (χ0v) is 11.7. The average molecular weight is 294 g/mol. The number of primary amides is 1. The summed E-state index contributed by atoms with van der Waals surface area (Å²) in [6.45, 7) is 2.47. The SMILES string of the molecule is CCCOc1cccc(C(=O)N[C@@H](CC(N)=O)C(=O)O)c1. The van der Waals surface area contributed by atoms with E-state index in [0.717, 1.165) is 6.42 Å². The minimum atomic E-state index is -1.35. The summed E-state index contributed by atoms with van der Waals surface area (Å²) < 4.78 is 5.39. The fraction of sp³-hybridized carbons (Fsp3) is 0.357. The fourth-order valence-corrected chi connectivity index (χ4v) is 1.59. The Morgan fingerprint density at radius 3 is 2.67 bits per heavy atom. The topological polar surface area (TPSA) is 119 Å². The molecule has 1 rings (SSSR count). The van der Waals surface area contributed by atoms with Crippen molar-refractivity contribution in [2.24, 2.45) is 5.73 Å². The molecule has 0 bridgehead atoms. The summed E-state index contributed by atoms with van der Waals surface area (Å²) in [4.78, 5) is 33.7. The van der Waals surface area contributed by atoms with E-state index in [4.69, 9.17) is 15.6 Å². The van der Waals surface area contributed by atoms with Crippen LogP contribution in [0.2, 0.25) is 0 Å². The van der Waals surface area contributed by atoms with Gasteiger partial charge in [0.1, 0.15) is 11.8 Å². The van der Waals surface area contributed by atoms with Gasteiger partial charge in [-0.05, 0) is 24.6 Å². The quantitative estimate of drug-likeness (QED) is 0.646. The van der Waals surface area contributed by atoms with Gasteiger partial charge in [-0.15, -0.1) is 0 Å². The fourth-order valence-electron chi connectivity index (χ4n) is 1.59. The molecule has 7 nitrogen and oxygen atoms in total. The monoisotopic (exact) mass is 294 g/mol. The van der Waals surface area contributed by atoms with Crippen LogP contribution in [0.5, 0.6) is 5.75 Å². The predicted octanol–water partition coefficient (Wildman–Crippen LogP) is 0.534. The molecular weight excluding hydrogens is 276 g/mol. The zero-order chi connectivity index (χ0) is 15.8. The number of carboxylic acid groups (broad SMARTS) is 1. The third kappa shape index (κ3) is 5.52. The molecule has 1 atom stereocenters. The molecule has 0 aliphatic heterocycles. The number of nitrogens with two attached hydrogens (primary N) is 1. The van der Waals surface area contributed by atoms with Crippen molar-refractivity contribution >= 4 is 17.8 Å². The number of hydrogen-bond donors (Lipinski definition) is 3. The Kier molecular flexibility index (Phi) is 6.19. The molecule has 0 aliphatic carbocycles. The molecular formula is C14H18N2O5. The lowest BCUT2D eigenvalue weighted by Gasteiger charge is -2.13. The third-order valence-corrected chi connectivity index (χ3v) is 2.58. The number of benzene rings is 1. The van der Waals surface area contributed by atoms with Crippen molar-refractivity contribution in [3.05, 3.63) is 29.8 Å². The second-order valence-corrected chi connectivity index (χ2v) is 4.41. The summed E-state index contributed by atoms with van der Waals surface area (Å²) >= 11 is 0. The summed E-state index contributed by atoms with van der Waals surface area (Å²) in [7, 11) is 0. The number of hydrogen-bond acceptors (Lipinski definition) is 4. The highest BCUT2D eigenvalue weighted by Gasteiger charge is 2.22. The van der Waals surface area contributed by atoms with Gasteiger partial charge in [0.2, 0.25) is 5.91 Å². The lowest BCUT2D eigenvalue weighted by atomic mass is 10.1. The van der Waals surface area contributed by atoms with Crippen LogP contribution in [0.1, 0.15) is 30.1 Å². The van der Waals surface area contributed by atoms with Crippen LogP contribution in [-0.4, -0.2) is 35.5 Å². The van der Waals surface area contributed by atoms with Crippen LogP contribution in [0.3, 0.4) is 0 Å². The smallest absolute Gasteiger partial charge is 0.326 e. The molecule has 0 saturated carbocycles. The van der Waals surface area contributed by atoms with Gasteiger partial charge in [-0.2, -0.15) is 0 Å². The number of amides is 2. The minimum Gasteiger partial charge on any atom is -0.494 e. The summed E-state index contributed by atoms with van der Waals surface area (Å²) in [5.41, 5.74) is 5.20. The lowest BCUT2D eigenvalue weighted by molar-refractivity contribution is -0.140. The first-order valence-electron chi connectivity index (χ1n) is 6.49. The minimum absolute atomic E-state index is 0.249. The molecule has 21 heavy (non-hydrogen) atoms. The number of carboxylic acids is 1. The molecule has 4 N–H and O–H groups in total. The van der Waals surface area contributed by atoms with E-state index in [0.29, 0.717) is 12.4 Å². The van der Waals surface area contributed by atoms with Crippen molar-refractivity contribution in [1.29, 1.82) is 0 Å². The van der Waals surface area contributed by atoms with E-state index in [-0.39, 0.29) is 5.56 Å². The number of aliphatic carboxylic acids is 1. The van der Waals surface area contributed by atoms with Crippen LogP contribution >= 0.6 is 0 Å². The van der Waals surface area contributed by atoms with Crippen LogP contribution in [0.4, 0.5) is 0 Å². The van der Waals surface area contributed by atoms with E-state index in [2.05, 4.69) is 5.32 Å². The Morgan fingerprint density at radius 1 is 1.38 bits per heavy atom. The standard InChI is InChI=1S/C14H18N2O5/c1-2-6-21-10-5-3-4-9(7-10)13(18)16-11(14(19)20)8-12(15)17/h3-5,7,11H,2,6,8H2,1H3,(H2,15,17)(H,16,18)(H,19,20)/t11-/m0/s1. The Balaban J connectivity index is 2.77. The molecule has 0 unspecified atom stereocenters. The average Bonchev–Trinajstić information content (AvgIpc) is 2.44. The maximum Gasteiger partial charge on any atom is 0.326 e. The van der Waals surface area contributed by atoms with E-state index in [1.165, 1.54) is 12.1 Å². The molecule has 0 spiro atoms. The summed E-state index contributed by atoms with van der Waals surface area (Å²) in [6.07, 6.45) is 0.364. The first-order valence-corrected chi connectivity index (χ1v) is 6.49. The molecule has 1 aromatic carbocycles. The molecule has 0 aromatic heterocycles. The second-order valence-electron chi connectivity index (χ2n) is 4.41. The van der Waals surface area contributed by atoms with Crippen molar-refractivity contribution in [2.45, 2.75) is 25.8 Å². The molecule has 2 amide bonds. The van der Waals surface area contributed by atoms with E-state index in [9.17, 15) is 14.4 Å². The first-order chi connectivity index (χ1) is 9.93. The third-order valence-electron chi connectivity index (χ3n) is 2.58. The van der Waals surface area contributed by atoms with Crippen LogP contribution in [0.15, 0.2) is 24.3 Å². The first kappa shape index (κ1) is 16.5. The van der Waals surface area contributed by atoms with E-state index in [1.54, 1.807) is 12.1 Å². The van der Waals surface area contributed by atoms with Gasteiger partial charge in [-0.1, -0.05) is 13.0 Å². The second kappa shape index (κ2) is 7.88. The number of rotatable bonds is 8. The van der Waals surface area contributed by atoms with Crippen molar-refractivity contribution in [3.8, 4) is 5.75 Å². The van der Waals surface area contributed by atoms with Crippen LogP contribution in [0, 0.1) is 0 Å². The van der Waals surface area contributed by atoms with Crippen LogP contribution in [-0.2, 0) is 9.59 Å². The van der Waals surface area contributed by atoms with Gasteiger partial charge < -0.3 is 20.9 Å². The summed E-state index contributed by atoms with van der Waals surface area (Å²) in [5.74, 6) is -2.21. The van der Waals surface area contributed by atoms with Crippen molar-refractivity contribution in [1.82, 2.24) is 5.32 Å². The van der Waals surface area contributed by atoms with Crippen molar-refractivity contribution < 1.29 is 24.2 Å². The number of ether oxygens (including phenoxy) is 1. The van der Waals surface area contributed by atoms with Crippen LogP contribution in [0.25, 0.3) is 0 Å². The van der Waals surface area contributed by atoms with E-state index >= 15 is 0 Å². The molecule has 7 heteroatoms. The van der Waals surface area contributed by atoms with Crippen LogP contribution < -0.4 is 15.8 Å². The number of carbonyl (C=O) groups is 3. The predicted molar refractivity (Wildman–Crippen MR) is 74.9 cm³/mol. The molecule has 1 aromatic rings. The van der Waals surface area contributed by atoms with Gasteiger partial charge in [-0.3, -0.25) is 9.59 Å². The highest BCUT2D eigenvalue weighted by molar-refractivity contribution is 5.97. The van der Waals surface area contributed by atoms with Gasteiger partial charge in [0.15, 0.2) is 0 Å². The number of nitrogens with one attached hydrogen (secondary N) is 1. The molecule has 0 radical (unpaired) electrons. The Morgan fingerprint density at radius 2 is 2.10 bits per heavy atom. The molecule has 0 aliphatic rings. The van der Waals surface area contributed by atoms with E-state index in [1.807, 2.05) is 6.92 Å². The maximum absolute atomic E-state index is 12.0. The maximum atomic E-state index is 12.0. The van der Waals surface area contributed by atoms with E-state index < -0.39 is 30.2 Å². The largest absolute Gasteiger partial charge is 0.494 e. The van der Waals surface area contributed by atoms with Crippen molar-refractivity contribution in [3.63, 3.8) is 0 Å². The molecule has 0 heterocycles. The van der Waals surface area contributed by atoms with Crippen molar-refractivity contribution in [2.75, 3.05) is 6.61 Å².